The first-order chi connectivity index (χ1) is 16.3. The van der Waals surface area contributed by atoms with Crippen LogP contribution in [0, 0.1) is 0 Å². The van der Waals surface area contributed by atoms with E-state index in [0.29, 0.717) is 6.10 Å². The number of ether oxygens (including phenoxy) is 2. The van der Waals surface area contributed by atoms with Gasteiger partial charge in [-0.1, -0.05) is 114 Å². The van der Waals surface area contributed by atoms with Gasteiger partial charge in [-0.05, 0) is 24.8 Å². The van der Waals surface area contributed by atoms with Crippen LogP contribution in [-0.4, -0.2) is 50.1 Å². The molecule has 0 aliphatic carbocycles. The Bertz CT molecular complexity index is 548. The van der Waals surface area contributed by atoms with Crippen LogP contribution in [-0.2, 0) is 15.9 Å². The molecule has 33 heavy (non-hydrogen) atoms. The van der Waals surface area contributed by atoms with Gasteiger partial charge in [-0.25, -0.2) is 0 Å². The molecule has 190 valence electrons. The molecule has 1 aromatic rings. The van der Waals surface area contributed by atoms with Gasteiger partial charge < -0.3 is 15.2 Å². The molecule has 0 spiro atoms. The van der Waals surface area contributed by atoms with E-state index in [0.717, 1.165) is 52.2 Å². The summed E-state index contributed by atoms with van der Waals surface area (Å²) in [6.45, 7) is 6.50. The molecule has 0 amide bonds. The van der Waals surface area contributed by atoms with Crippen molar-refractivity contribution < 1.29 is 9.47 Å². The Morgan fingerprint density at radius 2 is 1.39 bits per heavy atom. The van der Waals surface area contributed by atoms with Crippen LogP contribution >= 0.6 is 0 Å². The highest BCUT2D eigenvalue weighted by Crippen LogP contribution is 2.17. The highest BCUT2D eigenvalue weighted by atomic mass is 16.5. The lowest BCUT2D eigenvalue weighted by Crippen LogP contribution is -2.48. The summed E-state index contributed by atoms with van der Waals surface area (Å²) in [6, 6.07) is 10.8. The fraction of sp³-hybridized carbons (Fsp3) is 0.793. The molecular weight excluding hydrogens is 408 g/mol. The van der Waals surface area contributed by atoms with Gasteiger partial charge in [0.15, 0.2) is 0 Å². The van der Waals surface area contributed by atoms with E-state index in [-0.39, 0.29) is 6.17 Å². The van der Waals surface area contributed by atoms with Crippen molar-refractivity contribution >= 4 is 0 Å². The molecular formula is C29H52N2O2. The lowest BCUT2D eigenvalue weighted by atomic mass is 10.0. The number of rotatable bonds is 20. The molecule has 1 aliphatic rings. The zero-order chi connectivity index (χ0) is 23.4. The lowest BCUT2D eigenvalue weighted by molar-refractivity contribution is -0.00314. The molecule has 1 aliphatic heterocycles. The third-order valence-corrected chi connectivity index (χ3v) is 6.97. The number of nitrogens with zero attached hydrogens (tertiary/aromatic N) is 1. The number of morpholine rings is 1. The molecule has 2 rings (SSSR count). The summed E-state index contributed by atoms with van der Waals surface area (Å²) in [5.74, 6) is 0. The Morgan fingerprint density at radius 3 is 2.00 bits per heavy atom. The van der Waals surface area contributed by atoms with E-state index in [1.807, 2.05) is 0 Å². The first kappa shape index (κ1) is 28.3. The van der Waals surface area contributed by atoms with Gasteiger partial charge in [-0.2, -0.15) is 0 Å². The fourth-order valence-corrected chi connectivity index (χ4v) is 4.78. The van der Waals surface area contributed by atoms with E-state index in [9.17, 15) is 0 Å². The zero-order valence-electron chi connectivity index (χ0n) is 21.5. The number of benzene rings is 1. The van der Waals surface area contributed by atoms with Gasteiger partial charge in [0.2, 0.25) is 0 Å². The number of hydrogen-bond donors (Lipinski definition) is 1. The molecule has 1 aromatic carbocycles. The zero-order valence-corrected chi connectivity index (χ0v) is 21.5. The molecule has 1 fully saturated rings. The van der Waals surface area contributed by atoms with Gasteiger partial charge in [-0.15, -0.1) is 0 Å². The van der Waals surface area contributed by atoms with Gasteiger partial charge in [0.05, 0.1) is 25.5 Å². The minimum Gasteiger partial charge on any atom is -0.379 e. The van der Waals surface area contributed by atoms with Crippen LogP contribution in [0.25, 0.3) is 0 Å². The van der Waals surface area contributed by atoms with Crippen LogP contribution in [0.4, 0.5) is 0 Å². The van der Waals surface area contributed by atoms with Crippen molar-refractivity contribution in [2.24, 2.45) is 5.73 Å². The second-order valence-corrected chi connectivity index (χ2v) is 9.86. The predicted octanol–water partition coefficient (Wildman–Crippen LogP) is 6.71. The minimum absolute atomic E-state index is 0.0814. The molecule has 0 bridgehead atoms. The largest absolute Gasteiger partial charge is 0.379 e. The normalized spacial score (nSPS) is 16.7. The van der Waals surface area contributed by atoms with E-state index in [4.69, 9.17) is 15.2 Å². The van der Waals surface area contributed by atoms with Crippen molar-refractivity contribution in [1.29, 1.82) is 0 Å². The Labute approximate surface area is 204 Å². The standard InChI is InChI=1S/C29H52N2O2/c1-2-3-4-5-6-7-8-9-10-11-12-16-19-28(26-27-17-14-13-15-18-27)33-23-20-29(30)31-21-24-32-25-22-31/h13-15,17-18,28-29H,2-12,16,19-26,30H2,1H3. The maximum atomic E-state index is 6.40. The highest BCUT2D eigenvalue weighted by molar-refractivity contribution is 5.15. The van der Waals surface area contributed by atoms with Crippen molar-refractivity contribution in [2.45, 2.75) is 116 Å². The Hall–Kier alpha value is -0.940. The summed E-state index contributed by atoms with van der Waals surface area (Å²) in [4.78, 5) is 2.32. The summed E-state index contributed by atoms with van der Waals surface area (Å²) < 4.78 is 11.8. The van der Waals surface area contributed by atoms with Crippen LogP contribution in [0.3, 0.4) is 0 Å². The Kier molecular flexibility index (Phi) is 16.6. The molecule has 2 atom stereocenters. The third-order valence-electron chi connectivity index (χ3n) is 6.97. The van der Waals surface area contributed by atoms with Crippen LogP contribution in [0.5, 0.6) is 0 Å². The van der Waals surface area contributed by atoms with E-state index in [1.54, 1.807) is 0 Å². The molecule has 1 saturated heterocycles. The molecule has 2 unspecified atom stereocenters. The van der Waals surface area contributed by atoms with Crippen LogP contribution in [0.15, 0.2) is 30.3 Å². The van der Waals surface area contributed by atoms with Gasteiger partial charge in [0.1, 0.15) is 0 Å². The summed E-state index contributed by atoms with van der Waals surface area (Å²) >= 11 is 0. The lowest BCUT2D eigenvalue weighted by Gasteiger charge is -2.32. The molecule has 4 heteroatoms. The molecule has 4 nitrogen and oxygen atoms in total. The van der Waals surface area contributed by atoms with Gasteiger partial charge >= 0.3 is 0 Å². The molecule has 1 heterocycles. The maximum absolute atomic E-state index is 6.40. The Balaban J connectivity index is 1.57. The van der Waals surface area contributed by atoms with Crippen molar-refractivity contribution in [3.63, 3.8) is 0 Å². The van der Waals surface area contributed by atoms with Crippen molar-refractivity contribution in [2.75, 3.05) is 32.9 Å². The Morgan fingerprint density at radius 1 is 0.818 bits per heavy atom. The first-order valence-electron chi connectivity index (χ1n) is 14.0. The van der Waals surface area contributed by atoms with Gasteiger partial charge in [0, 0.05) is 19.7 Å². The van der Waals surface area contributed by atoms with Gasteiger partial charge in [0.25, 0.3) is 0 Å². The smallest absolute Gasteiger partial charge is 0.0615 e. The number of unbranched alkanes of at least 4 members (excludes halogenated alkanes) is 11. The molecule has 0 saturated carbocycles. The summed E-state index contributed by atoms with van der Waals surface area (Å²) in [5, 5.41) is 0. The maximum Gasteiger partial charge on any atom is 0.0615 e. The van der Waals surface area contributed by atoms with Crippen molar-refractivity contribution in [1.82, 2.24) is 4.90 Å². The van der Waals surface area contributed by atoms with E-state index in [1.165, 1.54) is 82.6 Å². The molecule has 0 radical (unpaired) electrons. The third kappa shape index (κ3) is 14.1. The quantitative estimate of drug-likeness (QED) is 0.220. The van der Waals surface area contributed by atoms with Gasteiger partial charge in [-0.3, -0.25) is 4.90 Å². The van der Waals surface area contributed by atoms with Crippen molar-refractivity contribution in [3.05, 3.63) is 35.9 Å². The number of nitrogens with two attached hydrogens (primary N) is 1. The topological polar surface area (TPSA) is 47.7 Å². The second-order valence-electron chi connectivity index (χ2n) is 9.86. The minimum atomic E-state index is 0.0814. The highest BCUT2D eigenvalue weighted by Gasteiger charge is 2.18. The van der Waals surface area contributed by atoms with Crippen molar-refractivity contribution in [3.8, 4) is 0 Å². The average Bonchev–Trinajstić information content (AvgIpc) is 2.85. The first-order valence-corrected chi connectivity index (χ1v) is 14.0. The van der Waals surface area contributed by atoms with E-state index < -0.39 is 0 Å². The van der Waals surface area contributed by atoms with E-state index in [2.05, 4.69) is 42.2 Å². The summed E-state index contributed by atoms with van der Waals surface area (Å²) in [5.41, 5.74) is 7.77. The number of hydrogen-bond acceptors (Lipinski definition) is 4. The van der Waals surface area contributed by atoms with E-state index >= 15 is 0 Å². The average molecular weight is 461 g/mol. The molecule has 2 N–H and O–H groups in total. The summed E-state index contributed by atoms with van der Waals surface area (Å²) in [6.07, 6.45) is 20.1. The fourth-order valence-electron chi connectivity index (χ4n) is 4.78. The van der Waals surface area contributed by atoms with Crippen LogP contribution < -0.4 is 5.73 Å². The summed E-state index contributed by atoms with van der Waals surface area (Å²) in [7, 11) is 0. The molecule has 0 aromatic heterocycles. The monoisotopic (exact) mass is 460 g/mol. The van der Waals surface area contributed by atoms with Crippen LogP contribution in [0.2, 0.25) is 0 Å². The second kappa shape index (κ2) is 19.4. The van der Waals surface area contributed by atoms with Crippen LogP contribution in [0.1, 0.15) is 102 Å². The SMILES string of the molecule is CCCCCCCCCCCCCCC(Cc1ccccc1)OCCC(N)N1CCOCC1. The predicted molar refractivity (Wildman–Crippen MR) is 141 cm³/mol.